The zero-order chi connectivity index (χ0) is 15.6. The van der Waals surface area contributed by atoms with E-state index in [0.29, 0.717) is 6.04 Å². The van der Waals surface area contributed by atoms with Crippen LogP contribution in [0.4, 0.5) is 0 Å². The predicted molar refractivity (Wildman–Crippen MR) is 89.3 cm³/mol. The van der Waals surface area contributed by atoms with Gasteiger partial charge in [-0.15, -0.1) is 0 Å². The molecule has 2 saturated heterocycles. The van der Waals surface area contributed by atoms with E-state index in [1.54, 1.807) is 12.4 Å². The average molecular weight is 330 g/mol. The molecule has 0 spiro atoms. The maximum absolute atomic E-state index is 5.98. The fourth-order valence-electron chi connectivity index (χ4n) is 3.59. The average Bonchev–Trinajstić information content (AvgIpc) is 3.18. The van der Waals surface area contributed by atoms with Crippen LogP contribution in [0.3, 0.4) is 0 Å². The first-order valence-electron chi connectivity index (χ1n) is 8.29. The molecule has 23 heavy (non-hydrogen) atoms. The van der Waals surface area contributed by atoms with Gasteiger partial charge in [0, 0.05) is 37.6 Å². The second kappa shape index (κ2) is 6.63. The third kappa shape index (κ3) is 3.44. The van der Waals surface area contributed by atoms with Crippen molar-refractivity contribution in [1.29, 1.82) is 0 Å². The van der Waals surface area contributed by atoms with Gasteiger partial charge in [-0.3, -0.25) is 9.80 Å². The highest BCUT2D eigenvalue weighted by Crippen LogP contribution is 2.29. The topological polar surface area (TPSA) is 45.4 Å². The van der Waals surface area contributed by atoms with E-state index >= 15 is 0 Å². The molecule has 0 radical (unpaired) electrons. The van der Waals surface area contributed by atoms with Crippen molar-refractivity contribution in [3.63, 3.8) is 0 Å². The molecule has 122 valence electrons. The van der Waals surface area contributed by atoms with Crippen molar-refractivity contribution in [2.45, 2.75) is 48.6 Å². The summed E-state index contributed by atoms with van der Waals surface area (Å²) in [7, 11) is 0. The van der Waals surface area contributed by atoms with Crippen LogP contribution in [0.5, 0.6) is 0 Å². The molecule has 2 atom stereocenters. The fraction of sp³-hybridized carbons (Fsp3) is 0.529. The third-order valence-corrected chi connectivity index (χ3v) is 5.61. The van der Waals surface area contributed by atoms with Crippen LogP contribution >= 0.6 is 11.8 Å². The quantitative estimate of drug-likeness (QED) is 0.803. The molecule has 2 aromatic heterocycles. The molecule has 2 aliphatic heterocycles. The summed E-state index contributed by atoms with van der Waals surface area (Å²) in [5, 5.41) is 1.58. The van der Waals surface area contributed by atoms with E-state index in [0.717, 1.165) is 35.1 Å². The molecule has 0 aliphatic carbocycles. The Labute approximate surface area is 141 Å². The normalized spacial score (nSPS) is 25.6. The van der Waals surface area contributed by atoms with Crippen molar-refractivity contribution in [3.8, 4) is 0 Å². The Morgan fingerprint density at radius 2 is 2.13 bits per heavy atom. The molecule has 0 bridgehead atoms. The van der Waals surface area contributed by atoms with Gasteiger partial charge in [0.2, 0.25) is 0 Å². The van der Waals surface area contributed by atoms with Crippen molar-refractivity contribution in [1.82, 2.24) is 19.8 Å². The molecular weight excluding hydrogens is 308 g/mol. The molecule has 1 unspecified atom stereocenters. The predicted octanol–water partition coefficient (Wildman–Crippen LogP) is 2.89. The van der Waals surface area contributed by atoms with E-state index in [9.17, 15) is 0 Å². The molecule has 6 heteroatoms. The van der Waals surface area contributed by atoms with E-state index in [1.807, 2.05) is 12.1 Å². The van der Waals surface area contributed by atoms with Gasteiger partial charge in [0.15, 0.2) is 10.2 Å². The second-order valence-corrected chi connectivity index (χ2v) is 7.40. The number of piperazine rings is 1. The summed E-state index contributed by atoms with van der Waals surface area (Å²) in [5.74, 6) is 1.03. The van der Waals surface area contributed by atoms with Crippen LogP contribution in [0.15, 0.2) is 45.3 Å². The summed E-state index contributed by atoms with van der Waals surface area (Å²) in [6.07, 6.45) is 6.20. The number of furan rings is 1. The van der Waals surface area contributed by atoms with Crippen molar-refractivity contribution < 1.29 is 4.42 Å². The Morgan fingerprint density at radius 3 is 3.00 bits per heavy atom. The number of aromatic nitrogens is 2. The zero-order valence-corrected chi connectivity index (χ0v) is 14.2. The molecule has 4 heterocycles. The van der Waals surface area contributed by atoms with Crippen LogP contribution in [0.1, 0.15) is 25.5 Å². The molecule has 0 amide bonds. The summed E-state index contributed by atoms with van der Waals surface area (Å²) >= 11 is 1.47. The minimum Gasteiger partial charge on any atom is -0.453 e. The molecule has 0 N–H and O–H groups in total. The van der Waals surface area contributed by atoms with Gasteiger partial charge >= 0.3 is 0 Å². The Bertz CT molecular complexity index is 647. The summed E-state index contributed by atoms with van der Waals surface area (Å²) in [4.78, 5) is 13.7. The highest BCUT2D eigenvalue weighted by atomic mass is 32.2. The molecule has 0 aromatic carbocycles. The zero-order valence-electron chi connectivity index (χ0n) is 13.4. The Kier molecular flexibility index (Phi) is 4.37. The smallest absolute Gasteiger partial charge is 0.195 e. The maximum atomic E-state index is 5.98. The van der Waals surface area contributed by atoms with Gasteiger partial charge in [-0.25, -0.2) is 9.97 Å². The minimum atomic E-state index is 0.586. The van der Waals surface area contributed by atoms with E-state index in [4.69, 9.17) is 4.42 Å². The van der Waals surface area contributed by atoms with Gasteiger partial charge in [-0.05, 0) is 56.3 Å². The largest absolute Gasteiger partial charge is 0.453 e. The van der Waals surface area contributed by atoms with Gasteiger partial charge in [0.25, 0.3) is 0 Å². The Balaban J connectivity index is 1.39. The number of nitrogens with zero attached hydrogens (tertiary/aromatic N) is 4. The second-order valence-electron chi connectivity index (χ2n) is 6.42. The van der Waals surface area contributed by atoms with Gasteiger partial charge in [0.1, 0.15) is 5.76 Å². The first-order chi connectivity index (χ1) is 11.3. The Hall–Kier alpha value is -1.37. The van der Waals surface area contributed by atoms with Crippen LogP contribution in [0, 0.1) is 0 Å². The van der Waals surface area contributed by atoms with Gasteiger partial charge < -0.3 is 4.42 Å². The molecule has 0 saturated carbocycles. The van der Waals surface area contributed by atoms with Crippen molar-refractivity contribution >= 4 is 11.8 Å². The number of hydrogen-bond donors (Lipinski definition) is 0. The summed E-state index contributed by atoms with van der Waals surface area (Å²) in [6.45, 7) is 6.84. The molecule has 2 aromatic rings. The van der Waals surface area contributed by atoms with Crippen LogP contribution in [-0.2, 0) is 6.54 Å². The van der Waals surface area contributed by atoms with Crippen LogP contribution in [0.2, 0.25) is 0 Å². The standard InChI is InChI=1S/C17H22N4OS/c1-13-10-20-9-2-4-14(20)11-21(13)12-15-5-6-16(22-15)23-17-18-7-3-8-19-17/h3,5-8,13-14H,2,4,9-12H2,1H3/t13-,14?/m1/s1. The van der Waals surface area contributed by atoms with Crippen molar-refractivity contribution in [2.75, 3.05) is 19.6 Å². The fourth-order valence-corrected chi connectivity index (χ4v) is 4.29. The lowest BCUT2D eigenvalue weighted by atomic mass is 10.1. The van der Waals surface area contributed by atoms with Gasteiger partial charge in [0.05, 0.1) is 6.54 Å². The lowest BCUT2D eigenvalue weighted by Crippen LogP contribution is -2.54. The first kappa shape index (κ1) is 15.2. The molecule has 2 aliphatic rings. The number of rotatable bonds is 4. The van der Waals surface area contributed by atoms with Crippen molar-refractivity contribution in [3.05, 3.63) is 36.4 Å². The highest BCUT2D eigenvalue weighted by Gasteiger charge is 2.34. The number of fused-ring (bicyclic) bond motifs is 1. The molecule has 2 fully saturated rings. The minimum absolute atomic E-state index is 0.586. The maximum Gasteiger partial charge on any atom is 0.195 e. The first-order valence-corrected chi connectivity index (χ1v) is 9.11. The van der Waals surface area contributed by atoms with Crippen molar-refractivity contribution in [2.24, 2.45) is 0 Å². The van der Waals surface area contributed by atoms with E-state index < -0.39 is 0 Å². The van der Waals surface area contributed by atoms with Crippen LogP contribution < -0.4 is 0 Å². The lowest BCUT2D eigenvalue weighted by Gasteiger charge is -2.41. The highest BCUT2D eigenvalue weighted by molar-refractivity contribution is 7.99. The van der Waals surface area contributed by atoms with Crippen LogP contribution in [-0.4, -0.2) is 51.5 Å². The summed E-state index contributed by atoms with van der Waals surface area (Å²) in [5.41, 5.74) is 0. The molecule has 5 nitrogen and oxygen atoms in total. The lowest BCUT2D eigenvalue weighted by molar-refractivity contribution is 0.0486. The summed E-state index contributed by atoms with van der Waals surface area (Å²) < 4.78 is 5.98. The van der Waals surface area contributed by atoms with E-state index in [1.165, 1.54) is 37.7 Å². The molecular formula is C17H22N4OS. The Morgan fingerprint density at radius 1 is 1.26 bits per heavy atom. The third-order valence-electron chi connectivity index (χ3n) is 4.80. The monoisotopic (exact) mass is 330 g/mol. The van der Waals surface area contributed by atoms with Gasteiger partial charge in [-0.2, -0.15) is 0 Å². The molecule has 4 rings (SSSR count). The van der Waals surface area contributed by atoms with Gasteiger partial charge in [-0.1, -0.05) is 0 Å². The van der Waals surface area contributed by atoms with E-state index in [2.05, 4.69) is 32.8 Å². The number of hydrogen-bond acceptors (Lipinski definition) is 6. The summed E-state index contributed by atoms with van der Waals surface area (Å²) in [6, 6.07) is 7.25. The SMILES string of the molecule is C[C@@H]1CN2CCCC2CN1Cc1ccc(Sc2ncccn2)o1. The van der Waals surface area contributed by atoms with E-state index in [-0.39, 0.29) is 0 Å². The van der Waals surface area contributed by atoms with Crippen LogP contribution in [0.25, 0.3) is 0 Å².